The number of carbonyl (C=O) groups excluding carboxylic acids is 1. The number of hydrogen-bond acceptors (Lipinski definition) is 2. The molecular formula is C12H14ClFN2O3. The van der Waals surface area contributed by atoms with Gasteiger partial charge in [-0.2, -0.15) is 0 Å². The third-order valence-corrected chi connectivity index (χ3v) is 2.66. The van der Waals surface area contributed by atoms with Crippen LogP contribution >= 0.6 is 11.6 Å². The van der Waals surface area contributed by atoms with Crippen LogP contribution in [0.4, 0.5) is 14.9 Å². The molecule has 0 spiro atoms. The Labute approximate surface area is 114 Å². The van der Waals surface area contributed by atoms with Crippen LogP contribution in [0.3, 0.4) is 0 Å². The molecule has 0 unspecified atom stereocenters. The first-order chi connectivity index (χ1) is 8.90. The van der Waals surface area contributed by atoms with Gasteiger partial charge in [0.1, 0.15) is 5.82 Å². The Morgan fingerprint density at radius 3 is 2.74 bits per heavy atom. The van der Waals surface area contributed by atoms with E-state index in [-0.39, 0.29) is 18.0 Å². The molecule has 0 fully saturated rings. The number of benzene rings is 1. The smallest absolute Gasteiger partial charge is 0.319 e. The number of carboxylic acid groups (broad SMARTS) is 1. The number of aliphatic carboxylic acids is 1. The van der Waals surface area contributed by atoms with E-state index >= 15 is 0 Å². The summed E-state index contributed by atoms with van der Waals surface area (Å²) in [7, 11) is 0. The van der Waals surface area contributed by atoms with Crippen LogP contribution in [0.5, 0.6) is 0 Å². The maximum atomic E-state index is 13.2. The normalized spacial score (nSPS) is 10.1. The lowest BCUT2D eigenvalue weighted by atomic mass is 10.2. The van der Waals surface area contributed by atoms with Crippen molar-refractivity contribution >= 4 is 29.3 Å². The van der Waals surface area contributed by atoms with Crippen LogP contribution in [0.2, 0.25) is 5.02 Å². The Hall–Kier alpha value is -1.82. The van der Waals surface area contributed by atoms with E-state index in [1.54, 1.807) is 6.92 Å². The number of carbonyl (C=O) groups is 2. The van der Waals surface area contributed by atoms with Gasteiger partial charge in [-0.1, -0.05) is 11.6 Å². The Morgan fingerprint density at radius 1 is 1.42 bits per heavy atom. The second-order valence-electron chi connectivity index (χ2n) is 3.96. The summed E-state index contributed by atoms with van der Waals surface area (Å²) in [4.78, 5) is 21.8. The molecule has 0 saturated carbocycles. The lowest BCUT2D eigenvalue weighted by Crippen LogP contribution is -2.30. The second-order valence-corrected chi connectivity index (χ2v) is 4.37. The molecule has 0 aromatic heterocycles. The highest BCUT2D eigenvalue weighted by Gasteiger charge is 2.08. The van der Waals surface area contributed by atoms with Gasteiger partial charge in [-0.15, -0.1) is 0 Å². The zero-order valence-corrected chi connectivity index (χ0v) is 11.1. The van der Waals surface area contributed by atoms with E-state index in [0.29, 0.717) is 17.7 Å². The molecule has 0 bridgehead atoms. The zero-order valence-electron chi connectivity index (χ0n) is 10.3. The van der Waals surface area contributed by atoms with Crippen molar-refractivity contribution in [2.45, 2.75) is 19.8 Å². The minimum absolute atomic E-state index is 0.0172. The number of anilines is 1. The molecular weight excluding hydrogens is 275 g/mol. The summed E-state index contributed by atoms with van der Waals surface area (Å²) in [6, 6.07) is 2.03. The van der Waals surface area contributed by atoms with Crippen LogP contribution in [0, 0.1) is 12.7 Å². The molecule has 0 aliphatic heterocycles. The van der Waals surface area contributed by atoms with Crippen LogP contribution in [-0.2, 0) is 4.79 Å². The number of amides is 2. The Bertz CT molecular complexity index is 494. The summed E-state index contributed by atoms with van der Waals surface area (Å²) in [5, 5.41) is 13.5. The van der Waals surface area contributed by atoms with Crippen molar-refractivity contribution in [1.82, 2.24) is 5.32 Å². The number of aryl methyl sites for hydroxylation is 1. The Balaban J connectivity index is 2.48. The third kappa shape index (κ3) is 5.13. The second kappa shape index (κ2) is 6.94. The van der Waals surface area contributed by atoms with Crippen molar-refractivity contribution < 1.29 is 19.1 Å². The van der Waals surface area contributed by atoms with E-state index in [9.17, 15) is 14.0 Å². The van der Waals surface area contributed by atoms with Gasteiger partial charge in [0, 0.05) is 13.0 Å². The van der Waals surface area contributed by atoms with Crippen LogP contribution in [0.25, 0.3) is 0 Å². The SMILES string of the molecule is Cc1cc(NC(=O)NCCCC(=O)O)c(Cl)cc1F. The fourth-order valence-corrected chi connectivity index (χ4v) is 1.56. The number of carboxylic acids is 1. The zero-order chi connectivity index (χ0) is 14.4. The van der Waals surface area contributed by atoms with Gasteiger partial charge in [0.05, 0.1) is 10.7 Å². The molecule has 0 aliphatic carbocycles. The lowest BCUT2D eigenvalue weighted by molar-refractivity contribution is -0.137. The first-order valence-electron chi connectivity index (χ1n) is 5.62. The van der Waals surface area contributed by atoms with Crippen molar-refractivity contribution in [3.8, 4) is 0 Å². The van der Waals surface area contributed by atoms with E-state index in [1.807, 2.05) is 0 Å². The van der Waals surface area contributed by atoms with E-state index in [4.69, 9.17) is 16.7 Å². The first kappa shape index (κ1) is 15.2. The van der Waals surface area contributed by atoms with Crippen molar-refractivity contribution in [2.24, 2.45) is 0 Å². The Kier molecular flexibility index (Phi) is 5.57. The summed E-state index contributed by atoms with van der Waals surface area (Å²) in [5.41, 5.74) is 0.668. The van der Waals surface area contributed by atoms with Gasteiger partial charge in [0.15, 0.2) is 0 Å². The van der Waals surface area contributed by atoms with Crippen LogP contribution < -0.4 is 10.6 Å². The summed E-state index contributed by atoms with van der Waals surface area (Å²) in [6.07, 6.45) is 0.315. The van der Waals surface area contributed by atoms with Gasteiger partial charge in [0.25, 0.3) is 0 Å². The monoisotopic (exact) mass is 288 g/mol. The molecule has 19 heavy (non-hydrogen) atoms. The fraction of sp³-hybridized carbons (Fsp3) is 0.333. The highest BCUT2D eigenvalue weighted by atomic mass is 35.5. The maximum absolute atomic E-state index is 13.2. The molecule has 0 saturated heterocycles. The van der Waals surface area contributed by atoms with Gasteiger partial charge in [-0.25, -0.2) is 9.18 Å². The standard InChI is InChI=1S/C12H14ClFN2O3/c1-7-5-10(8(13)6-9(7)14)16-12(19)15-4-2-3-11(17)18/h5-6H,2-4H2,1H3,(H,17,18)(H2,15,16,19). The summed E-state index contributed by atoms with van der Waals surface area (Å²) in [5.74, 6) is -1.36. The highest BCUT2D eigenvalue weighted by Crippen LogP contribution is 2.24. The average molecular weight is 289 g/mol. The summed E-state index contributed by atoms with van der Waals surface area (Å²) in [6.45, 7) is 1.79. The molecule has 1 rings (SSSR count). The number of rotatable bonds is 5. The van der Waals surface area contributed by atoms with Crippen molar-refractivity contribution in [3.63, 3.8) is 0 Å². The van der Waals surface area contributed by atoms with Crippen molar-refractivity contribution in [3.05, 3.63) is 28.5 Å². The van der Waals surface area contributed by atoms with Crippen molar-refractivity contribution in [1.29, 1.82) is 0 Å². The predicted molar refractivity (Wildman–Crippen MR) is 70.0 cm³/mol. The van der Waals surface area contributed by atoms with Gasteiger partial charge < -0.3 is 15.7 Å². The third-order valence-electron chi connectivity index (χ3n) is 2.35. The van der Waals surface area contributed by atoms with Crippen LogP contribution in [-0.4, -0.2) is 23.7 Å². The van der Waals surface area contributed by atoms with E-state index in [1.165, 1.54) is 6.07 Å². The van der Waals surface area contributed by atoms with Crippen molar-refractivity contribution in [2.75, 3.05) is 11.9 Å². The molecule has 2 amide bonds. The molecule has 3 N–H and O–H groups in total. The first-order valence-corrected chi connectivity index (χ1v) is 6.00. The van der Waals surface area contributed by atoms with E-state index < -0.39 is 17.8 Å². The molecule has 7 heteroatoms. The topological polar surface area (TPSA) is 78.4 Å². The maximum Gasteiger partial charge on any atom is 0.319 e. The number of hydrogen-bond donors (Lipinski definition) is 3. The van der Waals surface area contributed by atoms with Gasteiger partial charge in [0.2, 0.25) is 0 Å². The highest BCUT2D eigenvalue weighted by molar-refractivity contribution is 6.33. The average Bonchev–Trinajstić information content (AvgIpc) is 2.31. The molecule has 5 nitrogen and oxygen atoms in total. The predicted octanol–water partition coefficient (Wildman–Crippen LogP) is 2.77. The molecule has 0 atom stereocenters. The quantitative estimate of drug-likeness (QED) is 0.729. The summed E-state index contributed by atoms with van der Waals surface area (Å²) < 4.78 is 13.2. The number of nitrogens with one attached hydrogen (secondary N) is 2. The van der Waals surface area contributed by atoms with E-state index in [0.717, 1.165) is 6.07 Å². The van der Waals surface area contributed by atoms with Gasteiger partial charge >= 0.3 is 12.0 Å². The molecule has 0 heterocycles. The largest absolute Gasteiger partial charge is 0.481 e. The Morgan fingerprint density at radius 2 is 2.11 bits per heavy atom. The van der Waals surface area contributed by atoms with E-state index in [2.05, 4.69) is 10.6 Å². The molecule has 104 valence electrons. The molecule has 1 aromatic rings. The molecule has 1 aromatic carbocycles. The fourth-order valence-electron chi connectivity index (χ4n) is 1.36. The summed E-state index contributed by atoms with van der Waals surface area (Å²) >= 11 is 5.79. The van der Waals surface area contributed by atoms with Crippen LogP contribution in [0.1, 0.15) is 18.4 Å². The van der Waals surface area contributed by atoms with Gasteiger partial charge in [-0.05, 0) is 31.0 Å². The minimum Gasteiger partial charge on any atom is -0.481 e. The van der Waals surface area contributed by atoms with Crippen LogP contribution in [0.15, 0.2) is 12.1 Å². The molecule has 0 radical (unpaired) electrons. The minimum atomic E-state index is -0.917. The molecule has 0 aliphatic rings. The lowest BCUT2D eigenvalue weighted by Gasteiger charge is -2.10. The van der Waals surface area contributed by atoms with Gasteiger partial charge in [-0.3, -0.25) is 4.79 Å². The number of urea groups is 1. The number of halogens is 2.